The van der Waals surface area contributed by atoms with Crippen LogP contribution in [-0.2, 0) is 0 Å². The summed E-state index contributed by atoms with van der Waals surface area (Å²) in [6.45, 7) is 4.44. The van der Waals surface area contributed by atoms with Crippen molar-refractivity contribution in [3.8, 4) is 11.1 Å². The molecule has 0 radical (unpaired) electrons. The van der Waals surface area contributed by atoms with E-state index in [2.05, 4.69) is 62.4 Å². The number of hydrogen-bond donors (Lipinski definition) is 0. The average molecular weight is 286 g/mol. The molecule has 0 atom stereocenters. The fourth-order valence-corrected chi connectivity index (χ4v) is 3.06. The number of hydrogen-bond acceptors (Lipinski definition) is 1. The van der Waals surface area contributed by atoms with Crippen LogP contribution in [0.25, 0.3) is 33.1 Å². The molecule has 108 valence electrons. The standard InChI is InChI=1S/C21H18O/c1-14(2)15-10-12-16(13-11-15)17-7-5-9-20-21(17)18-6-3-4-8-19(18)22-20/h3-14H,1-2H3. The molecule has 0 fully saturated rings. The van der Waals surface area contributed by atoms with Crippen LogP contribution < -0.4 is 0 Å². The first-order valence-electron chi connectivity index (χ1n) is 7.74. The first kappa shape index (κ1) is 13.1. The zero-order chi connectivity index (χ0) is 15.1. The van der Waals surface area contributed by atoms with Crippen molar-refractivity contribution in [1.29, 1.82) is 0 Å². The summed E-state index contributed by atoms with van der Waals surface area (Å²) in [6, 6.07) is 23.4. The average Bonchev–Trinajstić information content (AvgIpc) is 2.93. The van der Waals surface area contributed by atoms with Crippen LogP contribution in [0.4, 0.5) is 0 Å². The summed E-state index contributed by atoms with van der Waals surface area (Å²) in [5.74, 6) is 0.555. The summed E-state index contributed by atoms with van der Waals surface area (Å²) in [4.78, 5) is 0. The van der Waals surface area contributed by atoms with E-state index in [4.69, 9.17) is 4.42 Å². The highest BCUT2D eigenvalue weighted by molar-refractivity contribution is 6.12. The summed E-state index contributed by atoms with van der Waals surface area (Å²) in [5.41, 5.74) is 5.74. The van der Waals surface area contributed by atoms with Crippen LogP contribution in [0.3, 0.4) is 0 Å². The molecule has 4 rings (SSSR count). The van der Waals surface area contributed by atoms with E-state index >= 15 is 0 Å². The van der Waals surface area contributed by atoms with Gasteiger partial charge in [0, 0.05) is 10.8 Å². The van der Waals surface area contributed by atoms with E-state index in [1.54, 1.807) is 0 Å². The predicted octanol–water partition coefficient (Wildman–Crippen LogP) is 6.38. The van der Waals surface area contributed by atoms with Crippen LogP contribution in [0, 0.1) is 0 Å². The Balaban J connectivity index is 1.98. The molecule has 0 saturated heterocycles. The molecule has 0 saturated carbocycles. The molecule has 3 aromatic carbocycles. The van der Waals surface area contributed by atoms with E-state index in [-0.39, 0.29) is 0 Å². The second-order valence-electron chi connectivity index (χ2n) is 6.05. The fraction of sp³-hybridized carbons (Fsp3) is 0.143. The van der Waals surface area contributed by atoms with Gasteiger partial charge in [0.05, 0.1) is 0 Å². The Bertz CT molecular complexity index is 943. The molecular formula is C21H18O. The van der Waals surface area contributed by atoms with E-state index in [0.29, 0.717) is 5.92 Å². The minimum Gasteiger partial charge on any atom is -0.456 e. The van der Waals surface area contributed by atoms with E-state index in [9.17, 15) is 0 Å². The topological polar surface area (TPSA) is 13.1 Å². The molecule has 0 unspecified atom stereocenters. The fourth-order valence-electron chi connectivity index (χ4n) is 3.06. The first-order chi connectivity index (χ1) is 10.7. The van der Waals surface area contributed by atoms with Gasteiger partial charge < -0.3 is 4.42 Å². The molecule has 1 heterocycles. The minimum atomic E-state index is 0.555. The van der Waals surface area contributed by atoms with Gasteiger partial charge in [-0.15, -0.1) is 0 Å². The molecule has 0 amide bonds. The van der Waals surface area contributed by atoms with Gasteiger partial charge in [0.1, 0.15) is 11.2 Å². The van der Waals surface area contributed by atoms with Gasteiger partial charge in [-0.3, -0.25) is 0 Å². The van der Waals surface area contributed by atoms with Crippen LogP contribution in [-0.4, -0.2) is 0 Å². The second-order valence-corrected chi connectivity index (χ2v) is 6.05. The highest BCUT2D eigenvalue weighted by atomic mass is 16.3. The summed E-state index contributed by atoms with van der Waals surface area (Å²) in [6.07, 6.45) is 0. The van der Waals surface area contributed by atoms with Gasteiger partial charge >= 0.3 is 0 Å². The molecule has 1 aromatic heterocycles. The van der Waals surface area contributed by atoms with Gasteiger partial charge in [-0.05, 0) is 34.7 Å². The van der Waals surface area contributed by atoms with E-state index in [1.807, 2.05) is 18.2 Å². The van der Waals surface area contributed by atoms with Gasteiger partial charge in [0.2, 0.25) is 0 Å². The lowest BCUT2D eigenvalue weighted by Gasteiger charge is -2.08. The van der Waals surface area contributed by atoms with Crippen LogP contribution in [0.5, 0.6) is 0 Å². The van der Waals surface area contributed by atoms with Crippen molar-refractivity contribution in [1.82, 2.24) is 0 Å². The van der Waals surface area contributed by atoms with Gasteiger partial charge in [0.15, 0.2) is 0 Å². The Morgan fingerprint density at radius 1 is 0.727 bits per heavy atom. The van der Waals surface area contributed by atoms with Crippen molar-refractivity contribution in [3.05, 3.63) is 72.3 Å². The number of benzene rings is 3. The number of fused-ring (bicyclic) bond motifs is 3. The molecule has 1 heteroatoms. The molecule has 1 nitrogen and oxygen atoms in total. The van der Waals surface area contributed by atoms with Crippen molar-refractivity contribution < 1.29 is 4.42 Å². The van der Waals surface area contributed by atoms with Crippen LogP contribution in [0.15, 0.2) is 71.1 Å². The van der Waals surface area contributed by atoms with Gasteiger partial charge in [-0.1, -0.05) is 68.4 Å². The van der Waals surface area contributed by atoms with Crippen LogP contribution in [0.2, 0.25) is 0 Å². The molecule has 0 bridgehead atoms. The third-order valence-corrected chi connectivity index (χ3v) is 4.29. The third-order valence-electron chi connectivity index (χ3n) is 4.29. The number of para-hydroxylation sites is 1. The zero-order valence-corrected chi connectivity index (χ0v) is 12.8. The van der Waals surface area contributed by atoms with E-state index in [1.165, 1.54) is 27.5 Å². The highest BCUT2D eigenvalue weighted by Crippen LogP contribution is 2.36. The lowest BCUT2D eigenvalue weighted by atomic mass is 9.96. The number of furan rings is 1. The lowest BCUT2D eigenvalue weighted by Crippen LogP contribution is -1.87. The van der Waals surface area contributed by atoms with Crippen molar-refractivity contribution >= 4 is 21.9 Å². The zero-order valence-electron chi connectivity index (χ0n) is 12.8. The maximum atomic E-state index is 5.98. The predicted molar refractivity (Wildman–Crippen MR) is 93.2 cm³/mol. The smallest absolute Gasteiger partial charge is 0.136 e. The Morgan fingerprint density at radius 3 is 2.23 bits per heavy atom. The first-order valence-corrected chi connectivity index (χ1v) is 7.74. The van der Waals surface area contributed by atoms with Gasteiger partial charge in [-0.2, -0.15) is 0 Å². The largest absolute Gasteiger partial charge is 0.456 e. The Morgan fingerprint density at radius 2 is 1.45 bits per heavy atom. The SMILES string of the molecule is CC(C)c1ccc(-c2cccc3oc4ccccc4c23)cc1. The van der Waals surface area contributed by atoms with Crippen LogP contribution in [0.1, 0.15) is 25.3 Å². The van der Waals surface area contributed by atoms with Crippen molar-refractivity contribution in [2.24, 2.45) is 0 Å². The molecule has 0 aliphatic heterocycles. The van der Waals surface area contributed by atoms with E-state index in [0.717, 1.165) is 11.2 Å². The molecule has 0 spiro atoms. The Labute approximate surface area is 130 Å². The lowest BCUT2D eigenvalue weighted by molar-refractivity contribution is 0.669. The highest BCUT2D eigenvalue weighted by Gasteiger charge is 2.11. The molecule has 4 aromatic rings. The molecule has 0 N–H and O–H groups in total. The molecular weight excluding hydrogens is 268 g/mol. The summed E-state index contributed by atoms with van der Waals surface area (Å²) < 4.78 is 5.98. The molecule has 0 aliphatic carbocycles. The summed E-state index contributed by atoms with van der Waals surface area (Å²) >= 11 is 0. The number of rotatable bonds is 2. The second kappa shape index (κ2) is 5.03. The maximum absolute atomic E-state index is 5.98. The quantitative estimate of drug-likeness (QED) is 0.417. The maximum Gasteiger partial charge on any atom is 0.136 e. The van der Waals surface area contributed by atoms with Gasteiger partial charge in [0.25, 0.3) is 0 Å². The summed E-state index contributed by atoms with van der Waals surface area (Å²) in [5, 5.41) is 2.39. The van der Waals surface area contributed by atoms with Crippen molar-refractivity contribution in [2.45, 2.75) is 19.8 Å². The third kappa shape index (κ3) is 2.01. The van der Waals surface area contributed by atoms with Crippen LogP contribution >= 0.6 is 0 Å². The molecule has 0 aliphatic rings. The molecule has 22 heavy (non-hydrogen) atoms. The Kier molecular flexibility index (Phi) is 3.00. The van der Waals surface area contributed by atoms with Crippen molar-refractivity contribution in [2.75, 3.05) is 0 Å². The minimum absolute atomic E-state index is 0.555. The van der Waals surface area contributed by atoms with Gasteiger partial charge in [-0.25, -0.2) is 0 Å². The van der Waals surface area contributed by atoms with E-state index < -0.39 is 0 Å². The normalized spacial score (nSPS) is 11.6. The Hall–Kier alpha value is -2.54. The monoisotopic (exact) mass is 286 g/mol. The van der Waals surface area contributed by atoms with Crippen molar-refractivity contribution in [3.63, 3.8) is 0 Å². The summed E-state index contributed by atoms with van der Waals surface area (Å²) in [7, 11) is 0.